The van der Waals surface area contributed by atoms with Gasteiger partial charge in [-0.3, -0.25) is 15.2 Å². The number of rotatable bonds is 5. The van der Waals surface area contributed by atoms with Crippen LogP contribution in [0.1, 0.15) is 5.56 Å². The van der Waals surface area contributed by atoms with Gasteiger partial charge in [0.25, 0.3) is 0 Å². The van der Waals surface area contributed by atoms with Gasteiger partial charge >= 0.3 is 0 Å². The van der Waals surface area contributed by atoms with E-state index in [4.69, 9.17) is 4.99 Å². The lowest BCUT2D eigenvalue weighted by Crippen LogP contribution is -2.54. The largest absolute Gasteiger partial charge is 0.300 e. The van der Waals surface area contributed by atoms with Crippen molar-refractivity contribution in [1.29, 1.82) is 0 Å². The fraction of sp³-hybridized carbons (Fsp3) is 0.474. The van der Waals surface area contributed by atoms with E-state index in [0.717, 1.165) is 51.2 Å². The van der Waals surface area contributed by atoms with Crippen molar-refractivity contribution in [1.82, 2.24) is 20.1 Å². The second-order valence-corrected chi connectivity index (χ2v) is 8.42. The molecule has 2 aliphatic heterocycles. The molecular weight excluding hydrogens is 362 g/mol. The Hall–Kier alpha value is -1.25. The Morgan fingerprint density at radius 2 is 2.15 bits per heavy atom. The summed E-state index contributed by atoms with van der Waals surface area (Å²) in [4.78, 5) is 15.4. The molecule has 3 heterocycles. The van der Waals surface area contributed by atoms with Crippen LogP contribution in [0.3, 0.4) is 0 Å². The minimum absolute atomic E-state index is 0.116. The van der Waals surface area contributed by atoms with Crippen molar-refractivity contribution < 1.29 is 0 Å². The molecule has 2 aliphatic rings. The number of fused-ring (bicyclic) bond motifs is 1. The number of aliphatic imine (C=N–C) groups is 1. The quantitative estimate of drug-likeness (QED) is 0.854. The lowest BCUT2D eigenvalue weighted by atomic mass is 10.1. The van der Waals surface area contributed by atoms with E-state index in [9.17, 15) is 0 Å². The van der Waals surface area contributed by atoms with Crippen LogP contribution in [0.5, 0.6) is 0 Å². The van der Waals surface area contributed by atoms with Crippen molar-refractivity contribution in [2.75, 3.05) is 45.5 Å². The van der Waals surface area contributed by atoms with Crippen LogP contribution >= 0.6 is 23.1 Å². The third-order valence-corrected chi connectivity index (χ3v) is 6.60. The van der Waals surface area contributed by atoms with Gasteiger partial charge in [0.15, 0.2) is 6.29 Å². The van der Waals surface area contributed by atoms with Crippen LogP contribution in [0.4, 0.5) is 0 Å². The highest BCUT2D eigenvalue weighted by atomic mass is 32.2. The van der Waals surface area contributed by atoms with E-state index in [1.165, 1.54) is 15.2 Å². The Balaban J connectivity index is 1.26. The number of nitrogens with zero attached hydrogens (tertiary/aromatic N) is 4. The Morgan fingerprint density at radius 1 is 1.27 bits per heavy atom. The number of aromatic nitrogens is 1. The molecule has 7 heteroatoms. The number of piperazine rings is 1. The molecule has 1 N–H and O–H groups in total. The summed E-state index contributed by atoms with van der Waals surface area (Å²) in [7, 11) is 0. The first-order chi connectivity index (χ1) is 12.8. The maximum Gasteiger partial charge on any atom is 0.156 e. The molecule has 1 unspecified atom stereocenters. The number of benzene rings is 1. The van der Waals surface area contributed by atoms with Crippen LogP contribution in [0.15, 0.2) is 39.7 Å². The number of allylic oxidation sites excluding steroid dienone is 1. The molecular formula is C19H25N5S2. The average Bonchev–Trinajstić information content (AvgIpc) is 3.02. The van der Waals surface area contributed by atoms with Gasteiger partial charge < -0.3 is 4.90 Å². The van der Waals surface area contributed by atoms with Gasteiger partial charge in [0.1, 0.15) is 0 Å². The molecule has 0 aliphatic carbocycles. The van der Waals surface area contributed by atoms with E-state index in [2.05, 4.69) is 50.6 Å². The highest BCUT2D eigenvalue weighted by Crippen LogP contribution is 2.19. The molecule has 0 radical (unpaired) electrons. The Morgan fingerprint density at radius 3 is 3.00 bits per heavy atom. The molecule has 2 aromatic rings. The van der Waals surface area contributed by atoms with E-state index < -0.39 is 0 Å². The minimum Gasteiger partial charge on any atom is -0.300 e. The smallest absolute Gasteiger partial charge is 0.156 e. The van der Waals surface area contributed by atoms with Gasteiger partial charge in [-0.25, -0.2) is 4.98 Å². The van der Waals surface area contributed by atoms with Gasteiger partial charge in [-0.05, 0) is 30.4 Å². The first-order valence-electron chi connectivity index (χ1n) is 9.11. The molecule has 0 saturated carbocycles. The summed E-state index contributed by atoms with van der Waals surface area (Å²) in [5.74, 6) is 0. The van der Waals surface area contributed by atoms with Crippen molar-refractivity contribution in [2.45, 2.75) is 12.7 Å². The Kier molecular flexibility index (Phi) is 6.01. The average molecular weight is 388 g/mol. The Bertz CT molecular complexity index is 792. The van der Waals surface area contributed by atoms with Crippen molar-refractivity contribution in [2.24, 2.45) is 4.99 Å². The van der Waals surface area contributed by atoms with E-state index in [0.29, 0.717) is 0 Å². The summed E-state index contributed by atoms with van der Waals surface area (Å²) in [6.45, 7) is 6.34. The number of hydrogen-bond donors (Lipinski definition) is 1. The fourth-order valence-corrected chi connectivity index (χ4v) is 4.53. The SMILES string of the molecule is CSC1=CCNC(N2CCN(CCc3ccc4scnc4c3)CC2)N=C1. The molecule has 138 valence electrons. The van der Waals surface area contributed by atoms with Crippen molar-refractivity contribution in [3.8, 4) is 0 Å². The third-order valence-electron chi connectivity index (χ3n) is 5.05. The maximum atomic E-state index is 4.72. The summed E-state index contributed by atoms with van der Waals surface area (Å²) in [6, 6.07) is 6.69. The molecule has 4 rings (SSSR count). The Labute approximate surface area is 163 Å². The van der Waals surface area contributed by atoms with Gasteiger partial charge in [-0.15, -0.1) is 23.1 Å². The molecule has 0 amide bonds. The summed E-state index contributed by atoms with van der Waals surface area (Å²) in [6.07, 6.45) is 7.53. The van der Waals surface area contributed by atoms with Gasteiger partial charge in [0, 0.05) is 50.4 Å². The molecule has 1 aromatic heterocycles. The van der Waals surface area contributed by atoms with Crippen LogP contribution in [-0.2, 0) is 6.42 Å². The topological polar surface area (TPSA) is 43.8 Å². The van der Waals surface area contributed by atoms with Crippen LogP contribution in [0.25, 0.3) is 10.2 Å². The predicted molar refractivity (Wildman–Crippen MR) is 113 cm³/mol. The number of hydrogen-bond acceptors (Lipinski definition) is 7. The molecule has 0 spiro atoms. The summed E-state index contributed by atoms with van der Waals surface area (Å²) in [5.41, 5.74) is 4.44. The highest BCUT2D eigenvalue weighted by molar-refractivity contribution is 8.03. The van der Waals surface area contributed by atoms with Gasteiger partial charge in [0.2, 0.25) is 0 Å². The standard InChI is InChI=1S/C19H25N5S2/c1-25-16-4-6-20-19(21-13-16)24-10-8-23(9-11-24)7-5-15-2-3-18-17(12-15)22-14-26-18/h2-4,12-14,19-20H,5-11H2,1H3. The minimum atomic E-state index is 0.116. The first-order valence-corrected chi connectivity index (χ1v) is 11.2. The predicted octanol–water partition coefficient (Wildman–Crippen LogP) is 2.66. The van der Waals surface area contributed by atoms with Crippen molar-refractivity contribution in [3.63, 3.8) is 0 Å². The van der Waals surface area contributed by atoms with Crippen LogP contribution < -0.4 is 5.32 Å². The van der Waals surface area contributed by atoms with E-state index in [-0.39, 0.29) is 6.29 Å². The fourth-order valence-electron chi connectivity index (χ4n) is 3.45. The number of thiazole rings is 1. The molecule has 5 nitrogen and oxygen atoms in total. The van der Waals surface area contributed by atoms with Gasteiger partial charge in [-0.1, -0.05) is 12.1 Å². The zero-order chi connectivity index (χ0) is 17.8. The van der Waals surface area contributed by atoms with Crippen LogP contribution in [-0.4, -0.2) is 72.8 Å². The van der Waals surface area contributed by atoms with Gasteiger partial charge in [0.05, 0.1) is 15.7 Å². The van der Waals surface area contributed by atoms with Crippen LogP contribution in [0.2, 0.25) is 0 Å². The van der Waals surface area contributed by atoms with Gasteiger partial charge in [-0.2, -0.15) is 0 Å². The van der Waals surface area contributed by atoms with E-state index >= 15 is 0 Å². The lowest BCUT2D eigenvalue weighted by Gasteiger charge is -2.37. The molecule has 26 heavy (non-hydrogen) atoms. The molecule has 1 aromatic carbocycles. The first kappa shape index (κ1) is 18.1. The van der Waals surface area contributed by atoms with E-state index in [1.54, 1.807) is 23.1 Å². The van der Waals surface area contributed by atoms with E-state index in [1.807, 2.05) is 11.7 Å². The summed E-state index contributed by atoms with van der Waals surface area (Å²) >= 11 is 3.46. The second kappa shape index (κ2) is 8.63. The van der Waals surface area contributed by atoms with Crippen LogP contribution in [0, 0.1) is 0 Å². The highest BCUT2D eigenvalue weighted by Gasteiger charge is 2.23. The zero-order valence-corrected chi connectivity index (χ0v) is 16.7. The maximum absolute atomic E-state index is 4.72. The number of thioether (sulfide) groups is 1. The molecule has 1 atom stereocenters. The van der Waals surface area contributed by atoms with Crippen molar-refractivity contribution >= 4 is 39.5 Å². The zero-order valence-electron chi connectivity index (χ0n) is 15.1. The second-order valence-electron chi connectivity index (χ2n) is 6.65. The number of nitrogens with one attached hydrogen (secondary N) is 1. The third kappa shape index (κ3) is 4.35. The van der Waals surface area contributed by atoms with Crippen molar-refractivity contribution in [3.05, 3.63) is 40.3 Å². The molecule has 1 fully saturated rings. The monoisotopic (exact) mass is 387 g/mol. The summed E-state index contributed by atoms with van der Waals surface area (Å²) < 4.78 is 1.28. The molecule has 1 saturated heterocycles. The normalized spacial score (nSPS) is 22.5. The molecule has 0 bridgehead atoms. The summed E-state index contributed by atoms with van der Waals surface area (Å²) in [5, 5.41) is 3.52. The lowest BCUT2D eigenvalue weighted by molar-refractivity contribution is 0.0876.